The molecule has 2 rings (SSSR count). The second-order valence-corrected chi connectivity index (χ2v) is 6.33. The monoisotopic (exact) mass is 340 g/mol. The van der Waals surface area contributed by atoms with E-state index in [4.69, 9.17) is 4.74 Å². The SMILES string of the molecule is Cc1cccc(C(=O)NNC(=O)c2ccc(OCCC(C)C)cc2)c1. The van der Waals surface area contributed by atoms with Gasteiger partial charge in [0.25, 0.3) is 11.8 Å². The zero-order valence-electron chi connectivity index (χ0n) is 14.8. The van der Waals surface area contributed by atoms with Crippen molar-refractivity contribution in [2.45, 2.75) is 27.2 Å². The zero-order chi connectivity index (χ0) is 18.2. The largest absolute Gasteiger partial charge is 0.494 e. The topological polar surface area (TPSA) is 67.4 Å². The van der Waals surface area contributed by atoms with Gasteiger partial charge in [-0.25, -0.2) is 0 Å². The van der Waals surface area contributed by atoms with Crippen LogP contribution < -0.4 is 15.6 Å². The molecule has 0 atom stereocenters. The number of rotatable bonds is 6. The molecule has 0 aliphatic heterocycles. The number of nitrogens with one attached hydrogen (secondary N) is 2. The molecule has 2 amide bonds. The number of carbonyl (C=O) groups excluding carboxylic acids is 2. The summed E-state index contributed by atoms with van der Waals surface area (Å²) in [6.45, 7) is 6.83. The van der Waals surface area contributed by atoms with Crippen LogP contribution in [0.25, 0.3) is 0 Å². The van der Waals surface area contributed by atoms with Crippen LogP contribution in [0.4, 0.5) is 0 Å². The minimum atomic E-state index is -0.380. The highest BCUT2D eigenvalue weighted by molar-refractivity contribution is 5.99. The minimum Gasteiger partial charge on any atom is -0.494 e. The van der Waals surface area contributed by atoms with Crippen molar-refractivity contribution in [3.8, 4) is 5.75 Å². The van der Waals surface area contributed by atoms with Gasteiger partial charge in [0, 0.05) is 11.1 Å². The van der Waals surface area contributed by atoms with E-state index in [1.807, 2.05) is 13.0 Å². The quantitative estimate of drug-likeness (QED) is 0.791. The zero-order valence-corrected chi connectivity index (χ0v) is 14.8. The summed E-state index contributed by atoms with van der Waals surface area (Å²) in [6, 6.07) is 14.0. The van der Waals surface area contributed by atoms with Crippen molar-refractivity contribution in [3.63, 3.8) is 0 Å². The number of hydrogen-bond donors (Lipinski definition) is 2. The molecule has 2 aromatic carbocycles. The maximum absolute atomic E-state index is 12.1. The van der Waals surface area contributed by atoms with Crippen LogP contribution in [0.2, 0.25) is 0 Å². The van der Waals surface area contributed by atoms with Crippen molar-refractivity contribution in [2.75, 3.05) is 6.61 Å². The van der Waals surface area contributed by atoms with Crippen LogP contribution in [0, 0.1) is 12.8 Å². The molecule has 25 heavy (non-hydrogen) atoms. The van der Waals surface area contributed by atoms with E-state index >= 15 is 0 Å². The van der Waals surface area contributed by atoms with Gasteiger partial charge >= 0.3 is 0 Å². The average Bonchev–Trinajstić information content (AvgIpc) is 2.59. The highest BCUT2D eigenvalue weighted by Gasteiger charge is 2.09. The highest BCUT2D eigenvalue weighted by atomic mass is 16.5. The van der Waals surface area contributed by atoms with E-state index in [0.717, 1.165) is 17.7 Å². The summed E-state index contributed by atoms with van der Waals surface area (Å²) >= 11 is 0. The summed E-state index contributed by atoms with van der Waals surface area (Å²) in [6.07, 6.45) is 0.979. The number of ether oxygens (including phenoxy) is 1. The minimum absolute atomic E-state index is 0.356. The first-order chi connectivity index (χ1) is 12.0. The van der Waals surface area contributed by atoms with Gasteiger partial charge in [0.2, 0.25) is 0 Å². The van der Waals surface area contributed by atoms with Crippen LogP contribution in [-0.4, -0.2) is 18.4 Å². The molecule has 2 aromatic rings. The first kappa shape index (κ1) is 18.5. The van der Waals surface area contributed by atoms with E-state index in [2.05, 4.69) is 24.7 Å². The molecule has 0 saturated carbocycles. The van der Waals surface area contributed by atoms with Crippen molar-refractivity contribution >= 4 is 11.8 Å². The van der Waals surface area contributed by atoms with Gasteiger partial charge in [-0.15, -0.1) is 0 Å². The molecule has 0 unspecified atom stereocenters. The van der Waals surface area contributed by atoms with E-state index < -0.39 is 0 Å². The molecule has 5 heteroatoms. The van der Waals surface area contributed by atoms with Crippen LogP contribution in [-0.2, 0) is 0 Å². The van der Waals surface area contributed by atoms with Crippen molar-refractivity contribution in [1.29, 1.82) is 0 Å². The lowest BCUT2D eigenvalue weighted by molar-refractivity contribution is 0.0846. The normalized spacial score (nSPS) is 10.4. The van der Waals surface area contributed by atoms with Gasteiger partial charge in [-0.1, -0.05) is 31.5 Å². The van der Waals surface area contributed by atoms with Gasteiger partial charge in [-0.3, -0.25) is 20.4 Å². The summed E-state index contributed by atoms with van der Waals surface area (Å²) in [5.41, 5.74) is 6.75. The molecule has 0 spiro atoms. The molecule has 0 saturated heterocycles. The molecule has 0 aliphatic carbocycles. The Labute approximate surface area is 148 Å². The Hall–Kier alpha value is -2.82. The standard InChI is InChI=1S/C20H24N2O3/c1-14(2)11-12-25-18-9-7-16(8-10-18)19(23)21-22-20(24)17-6-4-5-15(3)13-17/h4-10,13-14H,11-12H2,1-3H3,(H,21,23)(H,22,24). The van der Waals surface area contributed by atoms with E-state index in [1.165, 1.54) is 0 Å². The van der Waals surface area contributed by atoms with Crippen LogP contribution in [0.3, 0.4) is 0 Å². The van der Waals surface area contributed by atoms with Crippen molar-refractivity contribution in [1.82, 2.24) is 10.9 Å². The van der Waals surface area contributed by atoms with Crippen LogP contribution >= 0.6 is 0 Å². The number of amides is 2. The fraction of sp³-hybridized carbons (Fsp3) is 0.300. The second-order valence-electron chi connectivity index (χ2n) is 6.33. The van der Waals surface area contributed by atoms with Gasteiger partial charge in [0.1, 0.15) is 5.75 Å². The Balaban J connectivity index is 1.85. The molecule has 5 nitrogen and oxygen atoms in total. The predicted molar refractivity (Wildman–Crippen MR) is 97.5 cm³/mol. The molecule has 0 aliphatic rings. The second kappa shape index (κ2) is 8.87. The first-order valence-electron chi connectivity index (χ1n) is 8.36. The third-order valence-corrected chi connectivity index (χ3v) is 3.65. The number of aryl methyl sites for hydroxylation is 1. The lowest BCUT2D eigenvalue weighted by atomic mass is 10.1. The maximum Gasteiger partial charge on any atom is 0.269 e. The number of hydrazine groups is 1. The van der Waals surface area contributed by atoms with Gasteiger partial charge in [-0.2, -0.15) is 0 Å². The van der Waals surface area contributed by atoms with E-state index in [1.54, 1.807) is 42.5 Å². The number of benzene rings is 2. The molecular formula is C20H24N2O3. The summed E-state index contributed by atoms with van der Waals surface area (Å²) in [5.74, 6) is 0.573. The van der Waals surface area contributed by atoms with Crippen molar-refractivity contribution in [3.05, 3.63) is 65.2 Å². The summed E-state index contributed by atoms with van der Waals surface area (Å²) in [5, 5.41) is 0. The molecule has 0 aromatic heterocycles. The number of carbonyl (C=O) groups is 2. The highest BCUT2D eigenvalue weighted by Crippen LogP contribution is 2.13. The van der Waals surface area contributed by atoms with E-state index in [0.29, 0.717) is 23.7 Å². The average molecular weight is 340 g/mol. The van der Waals surface area contributed by atoms with Crippen molar-refractivity contribution in [2.24, 2.45) is 5.92 Å². The maximum atomic E-state index is 12.1. The summed E-state index contributed by atoms with van der Waals surface area (Å²) in [4.78, 5) is 24.1. The third kappa shape index (κ3) is 5.95. The van der Waals surface area contributed by atoms with Crippen LogP contribution in [0.1, 0.15) is 46.5 Å². The van der Waals surface area contributed by atoms with E-state index in [-0.39, 0.29) is 11.8 Å². The molecule has 2 N–H and O–H groups in total. The summed E-state index contributed by atoms with van der Waals surface area (Å²) in [7, 11) is 0. The lowest BCUT2D eigenvalue weighted by Crippen LogP contribution is -2.41. The summed E-state index contributed by atoms with van der Waals surface area (Å²) < 4.78 is 5.62. The fourth-order valence-corrected chi connectivity index (χ4v) is 2.16. The van der Waals surface area contributed by atoms with Crippen LogP contribution in [0.5, 0.6) is 5.75 Å². The Morgan fingerprint density at radius 1 is 0.960 bits per heavy atom. The van der Waals surface area contributed by atoms with Gasteiger partial charge < -0.3 is 4.74 Å². The molecular weight excluding hydrogens is 316 g/mol. The Morgan fingerprint density at radius 3 is 2.20 bits per heavy atom. The smallest absolute Gasteiger partial charge is 0.269 e. The fourth-order valence-electron chi connectivity index (χ4n) is 2.16. The molecule has 0 fully saturated rings. The van der Waals surface area contributed by atoms with Gasteiger partial charge in [-0.05, 0) is 55.7 Å². The molecule has 0 bridgehead atoms. The van der Waals surface area contributed by atoms with Gasteiger partial charge in [0.05, 0.1) is 6.61 Å². The van der Waals surface area contributed by atoms with Crippen LogP contribution in [0.15, 0.2) is 48.5 Å². The molecule has 0 heterocycles. The van der Waals surface area contributed by atoms with E-state index in [9.17, 15) is 9.59 Å². The Kier molecular flexibility index (Phi) is 6.57. The number of hydrogen-bond acceptors (Lipinski definition) is 3. The Morgan fingerprint density at radius 2 is 1.60 bits per heavy atom. The molecule has 132 valence electrons. The lowest BCUT2D eigenvalue weighted by Gasteiger charge is -2.10. The van der Waals surface area contributed by atoms with Gasteiger partial charge in [0.15, 0.2) is 0 Å². The predicted octanol–water partition coefficient (Wildman–Crippen LogP) is 3.49. The van der Waals surface area contributed by atoms with Crippen molar-refractivity contribution < 1.29 is 14.3 Å². The molecule has 0 radical (unpaired) electrons. The first-order valence-corrected chi connectivity index (χ1v) is 8.36. The third-order valence-electron chi connectivity index (χ3n) is 3.65. The Bertz CT molecular complexity index is 724.